The zero-order valence-corrected chi connectivity index (χ0v) is 9.44. The van der Waals surface area contributed by atoms with Crippen molar-refractivity contribution in [2.45, 2.75) is 40.2 Å². The zero-order valence-electron chi connectivity index (χ0n) is 9.44. The maximum atomic E-state index is 11.2. The molecule has 0 aromatic rings. The van der Waals surface area contributed by atoms with Crippen molar-refractivity contribution in [2.75, 3.05) is 0 Å². The maximum absolute atomic E-state index is 11.2. The van der Waals surface area contributed by atoms with E-state index in [1.807, 2.05) is 13.8 Å². The predicted octanol–water partition coefficient (Wildman–Crippen LogP) is 1.74. The highest BCUT2D eigenvalue weighted by atomic mass is 16.6. The van der Waals surface area contributed by atoms with Crippen LogP contribution < -0.4 is 5.84 Å². The predicted molar refractivity (Wildman–Crippen MR) is 55.6 cm³/mol. The summed E-state index contributed by atoms with van der Waals surface area (Å²) in [4.78, 5) is 11.2. The van der Waals surface area contributed by atoms with E-state index in [0.717, 1.165) is 0 Å². The normalized spacial score (nSPS) is 12.2. The second-order valence-electron chi connectivity index (χ2n) is 4.33. The zero-order chi connectivity index (χ0) is 11.4. The number of nitrogens with zero attached hydrogens (tertiary/aromatic N) is 2. The van der Waals surface area contributed by atoms with Crippen molar-refractivity contribution in [1.82, 2.24) is 5.12 Å². The molecule has 0 unspecified atom stereocenters. The van der Waals surface area contributed by atoms with Crippen molar-refractivity contribution in [2.24, 2.45) is 16.9 Å². The molecule has 0 aromatic carbocycles. The van der Waals surface area contributed by atoms with E-state index in [0.29, 0.717) is 5.12 Å². The molecule has 0 heterocycles. The van der Waals surface area contributed by atoms with Crippen LogP contribution in [0.4, 0.5) is 4.79 Å². The third kappa shape index (κ3) is 6.42. The van der Waals surface area contributed by atoms with Gasteiger partial charge in [-0.3, -0.25) is 0 Å². The monoisotopic (exact) mass is 201 g/mol. The van der Waals surface area contributed by atoms with Crippen LogP contribution in [-0.4, -0.2) is 23.0 Å². The fourth-order valence-corrected chi connectivity index (χ4v) is 0.561. The molecule has 0 saturated carbocycles. The number of hydrazine groups is 1. The molecule has 14 heavy (non-hydrogen) atoms. The molecule has 0 spiro atoms. The SMILES string of the molecule is CC(C)C=NN(N)C(=O)OC(C)(C)C. The molecule has 0 radical (unpaired) electrons. The van der Waals surface area contributed by atoms with Crippen molar-refractivity contribution >= 4 is 12.3 Å². The highest BCUT2D eigenvalue weighted by Gasteiger charge is 2.19. The molecule has 0 aliphatic carbocycles. The molecule has 0 atom stereocenters. The van der Waals surface area contributed by atoms with E-state index in [1.165, 1.54) is 0 Å². The Morgan fingerprint density at radius 3 is 2.36 bits per heavy atom. The molecule has 0 aliphatic rings. The van der Waals surface area contributed by atoms with Crippen LogP contribution in [0.25, 0.3) is 0 Å². The number of rotatable bonds is 2. The van der Waals surface area contributed by atoms with Gasteiger partial charge in [0.25, 0.3) is 0 Å². The van der Waals surface area contributed by atoms with Crippen LogP contribution in [0.15, 0.2) is 5.10 Å². The Labute approximate surface area is 84.9 Å². The van der Waals surface area contributed by atoms with Gasteiger partial charge in [0.2, 0.25) is 0 Å². The van der Waals surface area contributed by atoms with Gasteiger partial charge >= 0.3 is 6.09 Å². The first kappa shape index (κ1) is 12.9. The Morgan fingerprint density at radius 2 is 2.00 bits per heavy atom. The molecular weight excluding hydrogens is 182 g/mol. The minimum absolute atomic E-state index is 0.239. The Balaban J connectivity index is 4.14. The van der Waals surface area contributed by atoms with Crippen LogP contribution in [0.1, 0.15) is 34.6 Å². The standard InChI is InChI=1S/C9H19N3O2/c1-7(2)6-11-12(10)8(13)14-9(3,4)5/h6-7H,10H2,1-5H3. The second-order valence-corrected chi connectivity index (χ2v) is 4.33. The summed E-state index contributed by atoms with van der Waals surface area (Å²) in [5, 5.41) is 4.42. The first-order valence-corrected chi connectivity index (χ1v) is 4.54. The first-order valence-electron chi connectivity index (χ1n) is 4.54. The number of carbonyl (C=O) groups excluding carboxylic acids is 1. The number of carbonyl (C=O) groups is 1. The molecule has 0 saturated heterocycles. The van der Waals surface area contributed by atoms with E-state index in [4.69, 9.17) is 10.6 Å². The molecule has 2 N–H and O–H groups in total. The Bertz CT molecular complexity index is 219. The number of amides is 1. The smallest absolute Gasteiger partial charge is 0.441 e. The van der Waals surface area contributed by atoms with Gasteiger partial charge < -0.3 is 4.74 Å². The summed E-state index contributed by atoms with van der Waals surface area (Å²) in [5.41, 5.74) is -0.554. The molecule has 1 amide bonds. The Hall–Kier alpha value is -1.10. The maximum Gasteiger partial charge on any atom is 0.446 e. The van der Waals surface area contributed by atoms with Crippen LogP contribution in [-0.2, 0) is 4.74 Å². The minimum Gasteiger partial charge on any atom is -0.441 e. The van der Waals surface area contributed by atoms with E-state index in [9.17, 15) is 4.79 Å². The molecule has 0 aromatic heterocycles. The lowest BCUT2D eigenvalue weighted by atomic mass is 10.2. The second kappa shape index (κ2) is 4.95. The lowest BCUT2D eigenvalue weighted by Gasteiger charge is -2.21. The average molecular weight is 201 g/mol. The van der Waals surface area contributed by atoms with Gasteiger partial charge in [0.05, 0.1) is 0 Å². The molecule has 0 bridgehead atoms. The number of hydrogen-bond donors (Lipinski definition) is 1. The number of hydrazone groups is 1. The van der Waals surface area contributed by atoms with Crippen molar-refractivity contribution in [3.8, 4) is 0 Å². The first-order chi connectivity index (χ1) is 6.22. The van der Waals surface area contributed by atoms with Gasteiger partial charge in [0.15, 0.2) is 0 Å². The van der Waals surface area contributed by atoms with Crippen molar-refractivity contribution in [1.29, 1.82) is 0 Å². The molecule has 0 rings (SSSR count). The summed E-state index contributed by atoms with van der Waals surface area (Å²) >= 11 is 0. The quantitative estimate of drug-likeness (QED) is 0.320. The van der Waals surface area contributed by atoms with Gasteiger partial charge in [-0.2, -0.15) is 5.10 Å². The van der Waals surface area contributed by atoms with E-state index in [-0.39, 0.29) is 5.92 Å². The van der Waals surface area contributed by atoms with Crippen LogP contribution in [0.3, 0.4) is 0 Å². The van der Waals surface area contributed by atoms with Gasteiger partial charge in [0, 0.05) is 6.21 Å². The number of ether oxygens (including phenoxy) is 1. The summed E-state index contributed by atoms with van der Waals surface area (Å²) in [5.74, 6) is 5.57. The minimum atomic E-state index is -0.658. The van der Waals surface area contributed by atoms with E-state index in [1.54, 1.807) is 27.0 Å². The van der Waals surface area contributed by atoms with Gasteiger partial charge in [-0.05, 0) is 26.7 Å². The molecule has 5 nitrogen and oxygen atoms in total. The largest absolute Gasteiger partial charge is 0.446 e. The van der Waals surface area contributed by atoms with Gasteiger partial charge in [-0.15, -0.1) is 5.12 Å². The van der Waals surface area contributed by atoms with E-state index >= 15 is 0 Å². The van der Waals surface area contributed by atoms with Gasteiger partial charge in [0.1, 0.15) is 5.60 Å². The lowest BCUT2D eigenvalue weighted by molar-refractivity contribution is 0.0253. The highest BCUT2D eigenvalue weighted by molar-refractivity contribution is 5.69. The molecular formula is C9H19N3O2. The lowest BCUT2D eigenvalue weighted by Crippen LogP contribution is -2.38. The van der Waals surface area contributed by atoms with E-state index in [2.05, 4.69) is 5.10 Å². The number of nitrogens with two attached hydrogens (primary N) is 1. The summed E-state index contributed by atoms with van der Waals surface area (Å²) in [7, 11) is 0. The van der Waals surface area contributed by atoms with Crippen LogP contribution in [0, 0.1) is 5.92 Å². The number of hydrogen-bond acceptors (Lipinski definition) is 4. The van der Waals surface area contributed by atoms with Crippen LogP contribution in [0.2, 0.25) is 0 Å². The summed E-state index contributed by atoms with van der Waals surface area (Å²) in [6.45, 7) is 9.18. The molecule has 82 valence electrons. The van der Waals surface area contributed by atoms with Gasteiger partial charge in [-0.25, -0.2) is 10.6 Å². The van der Waals surface area contributed by atoms with E-state index < -0.39 is 11.7 Å². The van der Waals surface area contributed by atoms with Gasteiger partial charge in [-0.1, -0.05) is 13.8 Å². The summed E-state index contributed by atoms with van der Waals surface area (Å²) in [6, 6.07) is 0. The van der Waals surface area contributed by atoms with Crippen LogP contribution in [0.5, 0.6) is 0 Å². The highest BCUT2D eigenvalue weighted by Crippen LogP contribution is 2.08. The van der Waals surface area contributed by atoms with Crippen molar-refractivity contribution < 1.29 is 9.53 Å². The fraction of sp³-hybridized carbons (Fsp3) is 0.778. The van der Waals surface area contributed by atoms with Crippen molar-refractivity contribution in [3.63, 3.8) is 0 Å². The summed E-state index contributed by atoms with van der Waals surface area (Å²) < 4.78 is 4.98. The topological polar surface area (TPSA) is 67.9 Å². The Kier molecular flexibility index (Phi) is 4.56. The molecule has 0 fully saturated rings. The fourth-order valence-electron chi connectivity index (χ4n) is 0.561. The summed E-state index contributed by atoms with van der Waals surface area (Å²) in [6.07, 6.45) is 0.915. The molecule has 0 aliphatic heterocycles. The van der Waals surface area contributed by atoms with Crippen LogP contribution >= 0.6 is 0 Å². The third-order valence-electron chi connectivity index (χ3n) is 1.07. The van der Waals surface area contributed by atoms with Crippen molar-refractivity contribution in [3.05, 3.63) is 0 Å². The average Bonchev–Trinajstić information content (AvgIpc) is 1.96. The Morgan fingerprint density at radius 1 is 1.50 bits per heavy atom. The molecule has 5 heteroatoms. The third-order valence-corrected chi connectivity index (χ3v) is 1.07.